The highest BCUT2D eigenvalue weighted by molar-refractivity contribution is 5.94. The number of anilines is 2. The van der Waals surface area contributed by atoms with E-state index in [1.807, 2.05) is 37.3 Å². The van der Waals surface area contributed by atoms with Gasteiger partial charge in [-0.2, -0.15) is 0 Å². The molecule has 2 N–H and O–H groups in total. The van der Waals surface area contributed by atoms with Crippen LogP contribution in [-0.2, 0) is 4.79 Å². The molecular formula is C23H32N3O2+. The van der Waals surface area contributed by atoms with Gasteiger partial charge in [-0.1, -0.05) is 32.0 Å². The Morgan fingerprint density at radius 2 is 1.68 bits per heavy atom. The predicted octanol–water partition coefficient (Wildman–Crippen LogP) is 2.55. The van der Waals surface area contributed by atoms with Gasteiger partial charge in [-0.25, -0.2) is 0 Å². The van der Waals surface area contributed by atoms with E-state index < -0.39 is 0 Å². The molecule has 0 bridgehead atoms. The van der Waals surface area contributed by atoms with Crippen LogP contribution in [0.25, 0.3) is 0 Å². The topological polar surface area (TPSA) is 46.0 Å². The zero-order chi connectivity index (χ0) is 20.1. The Morgan fingerprint density at radius 3 is 2.29 bits per heavy atom. The highest BCUT2D eigenvalue weighted by atomic mass is 16.5. The molecule has 0 spiro atoms. The number of nitrogens with zero attached hydrogens (tertiary/aromatic N) is 1. The molecule has 5 nitrogen and oxygen atoms in total. The van der Waals surface area contributed by atoms with E-state index in [-0.39, 0.29) is 11.9 Å². The lowest BCUT2D eigenvalue weighted by atomic mass is 10.0. The number of piperazine rings is 1. The van der Waals surface area contributed by atoms with Crippen molar-refractivity contribution < 1.29 is 14.4 Å². The van der Waals surface area contributed by atoms with Gasteiger partial charge in [-0.15, -0.1) is 0 Å². The van der Waals surface area contributed by atoms with Crippen LogP contribution < -0.4 is 19.9 Å². The summed E-state index contributed by atoms with van der Waals surface area (Å²) in [6.45, 7) is 10.1. The number of carbonyl (C=O) groups is 1. The highest BCUT2D eigenvalue weighted by Gasteiger charge is 2.29. The lowest BCUT2D eigenvalue weighted by molar-refractivity contribution is -0.914. The summed E-state index contributed by atoms with van der Waals surface area (Å²) in [6, 6.07) is 16.2. The van der Waals surface area contributed by atoms with Crippen molar-refractivity contribution in [2.45, 2.75) is 32.7 Å². The normalized spacial score (nSPS) is 16.1. The molecule has 1 amide bonds. The number of quaternary nitrogens is 1. The van der Waals surface area contributed by atoms with Gasteiger partial charge in [0.25, 0.3) is 5.91 Å². The molecule has 3 rings (SSSR count). The maximum atomic E-state index is 12.8. The molecule has 2 aromatic carbocycles. The molecule has 1 heterocycles. The largest absolute Gasteiger partial charge is 0.497 e. The average Bonchev–Trinajstić information content (AvgIpc) is 2.73. The molecule has 0 saturated carbocycles. The Kier molecular flexibility index (Phi) is 6.57. The van der Waals surface area contributed by atoms with Crippen LogP contribution in [0.15, 0.2) is 48.5 Å². The maximum absolute atomic E-state index is 12.8. The van der Waals surface area contributed by atoms with Crippen molar-refractivity contribution >= 4 is 17.3 Å². The standard InChI is InChI=1S/C23H31N3O2/c1-17(2)21-7-5-6-8-22(21)24-23(27)18(3)25-13-15-26(16-14-25)19-9-11-20(28-4)12-10-19/h5-12,17-18H,13-16H2,1-4H3,(H,24,27)/p+1/t18-/m0/s1. The third-order valence-electron chi connectivity index (χ3n) is 5.69. The first-order valence-electron chi connectivity index (χ1n) is 10.1. The number of carbonyl (C=O) groups excluding carboxylic acids is 1. The summed E-state index contributed by atoms with van der Waals surface area (Å²) in [5.41, 5.74) is 3.33. The molecule has 0 unspecified atom stereocenters. The van der Waals surface area contributed by atoms with E-state index in [0.29, 0.717) is 5.92 Å². The van der Waals surface area contributed by atoms with E-state index >= 15 is 0 Å². The monoisotopic (exact) mass is 382 g/mol. The first-order valence-corrected chi connectivity index (χ1v) is 10.1. The molecule has 1 saturated heterocycles. The van der Waals surface area contributed by atoms with Crippen molar-refractivity contribution in [2.24, 2.45) is 0 Å². The fourth-order valence-electron chi connectivity index (χ4n) is 3.82. The van der Waals surface area contributed by atoms with Gasteiger partial charge in [0.2, 0.25) is 0 Å². The van der Waals surface area contributed by atoms with Crippen molar-refractivity contribution in [3.05, 3.63) is 54.1 Å². The number of amides is 1. The van der Waals surface area contributed by atoms with E-state index in [0.717, 1.165) is 37.6 Å². The molecule has 1 atom stereocenters. The summed E-state index contributed by atoms with van der Waals surface area (Å²) in [5, 5.41) is 3.16. The number of rotatable bonds is 6. The van der Waals surface area contributed by atoms with E-state index in [1.165, 1.54) is 16.2 Å². The lowest BCUT2D eigenvalue weighted by Crippen LogP contribution is -3.19. The van der Waals surface area contributed by atoms with Crippen LogP contribution in [0.4, 0.5) is 11.4 Å². The fraction of sp³-hybridized carbons (Fsp3) is 0.435. The smallest absolute Gasteiger partial charge is 0.282 e. The number of nitrogens with one attached hydrogen (secondary N) is 2. The minimum atomic E-state index is -0.0711. The molecule has 1 aliphatic heterocycles. The fourth-order valence-corrected chi connectivity index (χ4v) is 3.82. The van der Waals surface area contributed by atoms with Gasteiger partial charge in [-0.05, 0) is 48.7 Å². The van der Waals surface area contributed by atoms with Gasteiger partial charge in [0.1, 0.15) is 5.75 Å². The first kappa shape index (κ1) is 20.2. The van der Waals surface area contributed by atoms with Gasteiger partial charge in [-0.3, -0.25) is 4.79 Å². The number of methoxy groups -OCH3 is 1. The molecule has 150 valence electrons. The summed E-state index contributed by atoms with van der Waals surface area (Å²) in [7, 11) is 1.68. The zero-order valence-electron chi connectivity index (χ0n) is 17.4. The van der Waals surface area contributed by atoms with Crippen LogP contribution >= 0.6 is 0 Å². The third-order valence-corrected chi connectivity index (χ3v) is 5.69. The van der Waals surface area contributed by atoms with E-state index in [4.69, 9.17) is 4.74 Å². The number of para-hydroxylation sites is 1. The highest BCUT2D eigenvalue weighted by Crippen LogP contribution is 2.23. The Labute approximate surface area is 168 Å². The Balaban J connectivity index is 1.57. The van der Waals surface area contributed by atoms with Gasteiger partial charge < -0.3 is 19.9 Å². The summed E-state index contributed by atoms with van der Waals surface area (Å²) >= 11 is 0. The second-order valence-corrected chi connectivity index (χ2v) is 7.80. The van der Waals surface area contributed by atoms with Crippen molar-refractivity contribution in [1.29, 1.82) is 0 Å². The quantitative estimate of drug-likeness (QED) is 0.807. The molecule has 0 aromatic heterocycles. The summed E-state index contributed by atoms with van der Waals surface area (Å²) < 4.78 is 5.24. The van der Waals surface area contributed by atoms with Crippen molar-refractivity contribution in [2.75, 3.05) is 43.5 Å². The van der Waals surface area contributed by atoms with Crippen LogP contribution in [0.3, 0.4) is 0 Å². The third kappa shape index (κ3) is 4.65. The SMILES string of the molecule is COc1ccc(N2CC[NH+]([C@@H](C)C(=O)Nc3ccccc3C(C)C)CC2)cc1. The van der Waals surface area contributed by atoms with Crippen LogP contribution in [0, 0.1) is 0 Å². The summed E-state index contributed by atoms with van der Waals surface area (Å²) in [6.07, 6.45) is 0. The maximum Gasteiger partial charge on any atom is 0.282 e. The lowest BCUT2D eigenvalue weighted by Gasteiger charge is -2.36. The molecule has 0 radical (unpaired) electrons. The number of hydrogen-bond acceptors (Lipinski definition) is 3. The molecular weight excluding hydrogens is 350 g/mol. The van der Waals surface area contributed by atoms with Gasteiger partial charge in [0, 0.05) is 11.4 Å². The van der Waals surface area contributed by atoms with Crippen LogP contribution in [-0.4, -0.2) is 45.2 Å². The first-order chi connectivity index (χ1) is 13.5. The Bertz CT molecular complexity index is 781. The van der Waals surface area contributed by atoms with Gasteiger partial charge in [0.15, 0.2) is 6.04 Å². The second kappa shape index (κ2) is 9.11. The van der Waals surface area contributed by atoms with Crippen LogP contribution in [0.5, 0.6) is 5.75 Å². The zero-order valence-corrected chi connectivity index (χ0v) is 17.4. The van der Waals surface area contributed by atoms with Crippen molar-refractivity contribution in [3.8, 4) is 5.75 Å². The van der Waals surface area contributed by atoms with E-state index in [9.17, 15) is 4.79 Å². The molecule has 0 aliphatic carbocycles. The predicted molar refractivity (Wildman–Crippen MR) is 115 cm³/mol. The Hall–Kier alpha value is -2.53. The summed E-state index contributed by atoms with van der Waals surface area (Å²) in [5.74, 6) is 1.35. The molecule has 2 aromatic rings. The summed E-state index contributed by atoms with van der Waals surface area (Å²) in [4.78, 5) is 16.6. The van der Waals surface area contributed by atoms with Gasteiger partial charge in [0.05, 0.1) is 33.3 Å². The van der Waals surface area contributed by atoms with E-state index in [2.05, 4.69) is 42.3 Å². The number of benzene rings is 2. The minimum Gasteiger partial charge on any atom is -0.497 e. The number of hydrogen-bond donors (Lipinski definition) is 2. The minimum absolute atomic E-state index is 0.0711. The second-order valence-electron chi connectivity index (χ2n) is 7.80. The molecule has 1 aliphatic rings. The van der Waals surface area contributed by atoms with Crippen LogP contribution in [0.1, 0.15) is 32.3 Å². The van der Waals surface area contributed by atoms with Crippen molar-refractivity contribution in [1.82, 2.24) is 0 Å². The molecule has 28 heavy (non-hydrogen) atoms. The van der Waals surface area contributed by atoms with Gasteiger partial charge >= 0.3 is 0 Å². The number of ether oxygens (including phenoxy) is 1. The van der Waals surface area contributed by atoms with E-state index in [1.54, 1.807) is 7.11 Å². The van der Waals surface area contributed by atoms with Crippen LogP contribution in [0.2, 0.25) is 0 Å². The molecule has 1 fully saturated rings. The van der Waals surface area contributed by atoms with Crippen molar-refractivity contribution in [3.63, 3.8) is 0 Å². The average molecular weight is 383 g/mol. The molecule has 5 heteroatoms. The Morgan fingerprint density at radius 1 is 1.04 bits per heavy atom.